The molecule has 0 spiro atoms. The van der Waals surface area contributed by atoms with Crippen LogP contribution >= 0.6 is 46.1 Å². The summed E-state index contributed by atoms with van der Waals surface area (Å²) in [5, 5.41) is 11.1. The van der Waals surface area contributed by atoms with E-state index in [4.69, 9.17) is 44.3 Å². The van der Waals surface area contributed by atoms with Gasteiger partial charge in [0, 0.05) is 21.2 Å². The van der Waals surface area contributed by atoms with Crippen molar-refractivity contribution in [2.75, 3.05) is 19.5 Å². The Hall–Kier alpha value is -2.52. The Morgan fingerprint density at radius 3 is 2.67 bits per heavy atom. The Balaban J connectivity index is 1.62. The molecule has 0 saturated heterocycles. The Bertz CT molecular complexity index is 1270. The molecule has 0 fully saturated rings. The van der Waals surface area contributed by atoms with Crippen molar-refractivity contribution in [1.29, 1.82) is 0 Å². The SMILES string of the molecule is COc1ccc(-c2nc(NC(=O)c3sc4cc(Cl)cc(Cl)c4c3Cl)n[nH]2)c(OC)c1. The van der Waals surface area contributed by atoms with Gasteiger partial charge in [-0.15, -0.1) is 16.4 Å². The molecule has 0 radical (unpaired) electrons. The van der Waals surface area contributed by atoms with Crippen molar-refractivity contribution >= 4 is 68.1 Å². The number of hydrogen-bond donors (Lipinski definition) is 2. The van der Waals surface area contributed by atoms with Crippen molar-refractivity contribution in [3.05, 3.63) is 50.3 Å². The molecular formula is C19H13Cl3N4O3S. The van der Waals surface area contributed by atoms with Crippen molar-refractivity contribution in [1.82, 2.24) is 15.2 Å². The van der Waals surface area contributed by atoms with E-state index in [2.05, 4.69) is 20.5 Å². The second-order valence-corrected chi connectivity index (χ2v) is 8.31. The first-order chi connectivity index (χ1) is 14.4. The third kappa shape index (κ3) is 3.79. The Kier molecular flexibility index (Phi) is 5.75. The monoisotopic (exact) mass is 482 g/mol. The average Bonchev–Trinajstić information content (AvgIpc) is 3.31. The summed E-state index contributed by atoms with van der Waals surface area (Å²) in [6, 6.07) is 8.55. The predicted octanol–water partition coefficient (Wildman–Crippen LogP) is 5.92. The van der Waals surface area contributed by atoms with Crippen LogP contribution in [0.4, 0.5) is 5.95 Å². The number of aromatic amines is 1. The second-order valence-electron chi connectivity index (χ2n) is 6.03. The van der Waals surface area contributed by atoms with Crippen LogP contribution in [0.25, 0.3) is 21.5 Å². The van der Waals surface area contributed by atoms with E-state index in [1.165, 1.54) is 18.4 Å². The molecule has 154 valence electrons. The quantitative estimate of drug-likeness (QED) is 0.368. The van der Waals surface area contributed by atoms with Crippen LogP contribution in [0.2, 0.25) is 15.1 Å². The van der Waals surface area contributed by atoms with Gasteiger partial charge in [0.2, 0.25) is 5.95 Å². The lowest BCUT2D eigenvalue weighted by Crippen LogP contribution is -2.11. The van der Waals surface area contributed by atoms with E-state index in [0.29, 0.717) is 43.0 Å². The molecule has 0 unspecified atom stereocenters. The Morgan fingerprint density at radius 2 is 1.93 bits per heavy atom. The number of fused-ring (bicyclic) bond motifs is 1. The highest BCUT2D eigenvalue weighted by Crippen LogP contribution is 2.41. The standard InChI is InChI=1S/C19H13Cl3N4O3S/c1-28-9-3-4-10(12(7-9)29-2)17-23-19(26-25-17)24-18(27)16-15(22)14-11(21)5-8(20)6-13(14)30-16/h3-7H,1-2H3,(H2,23,24,25,26,27). The summed E-state index contributed by atoms with van der Waals surface area (Å²) in [6.07, 6.45) is 0. The lowest BCUT2D eigenvalue weighted by atomic mass is 10.2. The number of aromatic nitrogens is 3. The van der Waals surface area contributed by atoms with Gasteiger partial charge in [0.05, 0.1) is 29.8 Å². The molecule has 4 rings (SSSR count). The number of amides is 1. The van der Waals surface area contributed by atoms with Gasteiger partial charge in [0.1, 0.15) is 16.4 Å². The highest BCUT2D eigenvalue weighted by molar-refractivity contribution is 7.21. The van der Waals surface area contributed by atoms with Crippen LogP contribution in [0, 0.1) is 0 Å². The van der Waals surface area contributed by atoms with Gasteiger partial charge in [-0.2, -0.15) is 4.98 Å². The Labute approximate surface area is 189 Å². The summed E-state index contributed by atoms with van der Waals surface area (Å²) in [4.78, 5) is 17.4. The van der Waals surface area contributed by atoms with Crippen LogP contribution < -0.4 is 14.8 Å². The van der Waals surface area contributed by atoms with Crippen LogP contribution in [-0.4, -0.2) is 35.3 Å². The maximum Gasteiger partial charge on any atom is 0.269 e. The van der Waals surface area contributed by atoms with E-state index in [1.54, 1.807) is 37.4 Å². The number of carbonyl (C=O) groups excluding carboxylic acids is 1. The van der Waals surface area contributed by atoms with E-state index >= 15 is 0 Å². The predicted molar refractivity (Wildman–Crippen MR) is 120 cm³/mol. The fourth-order valence-corrected chi connectivity index (χ4v) is 5.12. The zero-order valence-corrected chi connectivity index (χ0v) is 18.6. The molecule has 0 atom stereocenters. The van der Waals surface area contributed by atoms with Crippen molar-refractivity contribution < 1.29 is 14.3 Å². The van der Waals surface area contributed by atoms with Crippen LogP contribution in [0.1, 0.15) is 9.67 Å². The minimum atomic E-state index is -0.458. The molecule has 2 N–H and O–H groups in total. The fraction of sp³-hybridized carbons (Fsp3) is 0.105. The molecule has 2 aromatic heterocycles. The number of carbonyl (C=O) groups is 1. The average molecular weight is 484 g/mol. The molecule has 11 heteroatoms. The minimum absolute atomic E-state index is 0.0884. The third-order valence-corrected chi connectivity index (χ3v) is 6.37. The molecule has 0 aliphatic heterocycles. The molecule has 0 bridgehead atoms. The normalized spacial score (nSPS) is 11.0. The first kappa shape index (κ1) is 20.7. The summed E-state index contributed by atoms with van der Waals surface area (Å²) in [5.41, 5.74) is 0.660. The smallest absolute Gasteiger partial charge is 0.269 e. The van der Waals surface area contributed by atoms with E-state index < -0.39 is 5.91 Å². The van der Waals surface area contributed by atoms with E-state index in [1.807, 2.05) is 0 Å². The van der Waals surface area contributed by atoms with Crippen molar-refractivity contribution in [2.24, 2.45) is 0 Å². The van der Waals surface area contributed by atoms with Crippen molar-refractivity contribution in [2.45, 2.75) is 0 Å². The van der Waals surface area contributed by atoms with Crippen LogP contribution in [0.3, 0.4) is 0 Å². The minimum Gasteiger partial charge on any atom is -0.497 e. The first-order valence-corrected chi connectivity index (χ1v) is 10.4. The van der Waals surface area contributed by atoms with Crippen LogP contribution in [-0.2, 0) is 0 Å². The lowest BCUT2D eigenvalue weighted by molar-refractivity contribution is 0.103. The summed E-state index contributed by atoms with van der Waals surface area (Å²) >= 11 is 19.8. The number of benzene rings is 2. The van der Waals surface area contributed by atoms with Gasteiger partial charge in [0.25, 0.3) is 5.91 Å². The zero-order valence-electron chi connectivity index (χ0n) is 15.5. The molecule has 1 amide bonds. The maximum absolute atomic E-state index is 12.8. The van der Waals surface area contributed by atoms with Crippen molar-refractivity contribution in [3.63, 3.8) is 0 Å². The lowest BCUT2D eigenvalue weighted by Gasteiger charge is -2.07. The highest BCUT2D eigenvalue weighted by atomic mass is 35.5. The Morgan fingerprint density at radius 1 is 1.13 bits per heavy atom. The van der Waals surface area contributed by atoms with Crippen LogP contribution in [0.5, 0.6) is 11.5 Å². The highest BCUT2D eigenvalue weighted by Gasteiger charge is 2.21. The van der Waals surface area contributed by atoms with Gasteiger partial charge < -0.3 is 9.47 Å². The number of methoxy groups -OCH3 is 2. The van der Waals surface area contributed by atoms with Crippen LogP contribution in [0.15, 0.2) is 30.3 Å². The summed E-state index contributed by atoms with van der Waals surface area (Å²) in [5.74, 6) is 1.23. The van der Waals surface area contributed by atoms with Gasteiger partial charge in [-0.3, -0.25) is 15.2 Å². The third-order valence-electron chi connectivity index (χ3n) is 4.23. The largest absolute Gasteiger partial charge is 0.497 e. The summed E-state index contributed by atoms with van der Waals surface area (Å²) < 4.78 is 11.3. The zero-order chi connectivity index (χ0) is 21.4. The molecule has 0 aliphatic carbocycles. The van der Waals surface area contributed by atoms with E-state index in [0.717, 1.165) is 0 Å². The summed E-state index contributed by atoms with van der Waals surface area (Å²) in [6.45, 7) is 0. The van der Waals surface area contributed by atoms with Gasteiger partial charge in [-0.1, -0.05) is 34.8 Å². The number of anilines is 1. The van der Waals surface area contributed by atoms with Gasteiger partial charge in [0.15, 0.2) is 5.82 Å². The van der Waals surface area contributed by atoms with Crippen molar-refractivity contribution in [3.8, 4) is 22.9 Å². The number of nitrogens with one attached hydrogen (secondary N) is 2. The molecule has 0 aliphatic rings. The number of ether oxygens (including phenoxy) is 2. The van der Waals surface area contributed by atoms with E-state index in [9.17, 15) is 4.79 Å². The number of thiophene rings is 1. The number of H-pyrrole nitrogens is 1. The number of halogens is 3. The van der Waals surface area contributed by atoms with Gasteiger partial charge in [-0.25, -0.2) is 0 Å². The summed E-state index contributed by atoms with van der Waals surface area (Å²) in [7, 11) is 3.11. The second kappa shape index (κ2) is 8.31. The van der Waals surface area contributed by atoms with Gasteiger partial charge in [-0.05, 0) is 24.3 Å². The van der Waals surface area contributed by atoms with Gasteiger partial charge >= 0.3 is 0 Å². The van der Waals surface area contributed by atoms with E-state index in [-0.39, 0.29) is 15.8 Å². The molecule has 30 heavy (non-hydrogen) atoms. The maximum atomic E-state index is 12.8. The molecule has 7 nitrogen and oxygen atoms in total. The number of rotatable bonds is 5. The number of hydrogen-bond acceptors (Lipinski definition) is 6. The topological polar surface area (TPSA) is 89.1 Å². The molecular weight excluding hydrogens is 471 g/mol. The fourth-order valence-electron chi connectivity index (χ4n) is 2.85. The molecule has 2 aromatic carbocycles. The molecule has 2 heterocycles. The molecule has 0 saturated carbocycles. The molecule has 4 aromatic rings. The first-order valence-electron chi connectivity index (χ1n) is 8.44. The number of nitrogens with zero attached hydrogens (tertiary/aromatic N) is 2.